The van der Waals surface area contributed by atoms with Crippen molar-refractivity contribution >= 4 is 0 Å². The Kier molecular flexibility index (Phi) is 3.30. The molecule has 2 aliphatic rings. The second-order valence-electron chi connectivity index (χ2n) is 6.05. The molecule has 1 aliphatic carbocycles. The SMILES string of the molecule is N#CC1(N)C2CCCC1CN(Cc1ccccc1)C2. The van der Waals surface area contributed by atoms with Crippen molar-refractivity contribution in [3.05, 3.63) is 35.9 Å². The first-order chi connectivity index (χ1) is 9.22. The number of hydrogen-bond acceptors (Lipinski definition) is 3. The van der Waals surface area contributed by atoms with Crippen LogP contribution >= 0.6 is 0 Å². The molecule has 2 atom stereocenters. The maximum absolute atomic E-state index is 9.44. The summed E-state index contributed by atoms with van der Waals surface area (Å²) in [6.07, 6.45) is 3.44. The smallest absolute Gasteiger partial charge is 0.112 e. The highest BCUT2D eigenvalue weighted by Crippen LogP contribution is 2.41. The maximum Gasteiger partial charge on any atom is 0.112 e. The summed E-state index contributed by atoms with van der Waals surface area (Å²) < 4.78 is 0. The molecule has 1 aromatic carbocycles. The van der Waals surface area contributed by atoms with E-state index in [9.17, 15) is 5.26 Å². The number of hydrogen-bond donors (Lipinski definition) is 1. The average Bonchev–Trinajstić information content (AvgIpc) is 2.41. The minimum Gasteiger partial charge on any atom is -0.313 e. The van der Waals surface area contributed by atoms with Crippen molar-refractivity contribution in [2.24, 2.45) is 17.6 Å². The molecule has 0 aromatic heterocycles. The minimum atomic E-state index is -0.578. The summed E-state index contributed by atoms with van der Waals surface area (Å²) >= 11 is 0. The van der Waals surface area contributed by atoms with Crippen molar-refractivity contribution < 1.29 is 0 Å². The van der Waals surface area contributed by atoms with Crippen molar-refractivity contribution in [2.45, 2.75) is 31.3 Å². The molecule has 1 aromatic rings. The van der Waals surface area contributed by atoms with Crippen molar-refractivity contribution in [3.63, 3.8) is 0 Å². The molecule has 2 fully saturated rings. The number of piperidine rings is 1. The highest BCUT2D eigenvalue weighted by Gasteiger charge is 2.49. The van der Waals surface area contributed by atoms with Gasteiger partial charge in [-0.3, -0.25) is 4.90 Å². The van der Waals surface area contributed by atoms with Gasteiger partial charge in [0.15, 0.2) is 0 Å². The van der Waals surface area contributed by atoms with Crippen LogP contribution in [0.2, 0.25) is 0 Å². The van der Waals surface area contributed by atoms with Gasteiger partial charge in [-0.15, -0.1) is 0 Å². The Morgan fingerprint density at radius 2 is 1.84 bits per heavy atom. The van der Waals surface area contributed by atoms with E-state index in [1.807, 2.05) is 0 Å². The van der Waals surface area contributed by atoms with Crippen LogP contribution in [0.25, 0.3) is 0 Å². The lowest BCUT2D eigenvalue weighted by Gasteiger charge is -2.50. The van der Waals surface area contributed by atoms with E-state index in [1.54, 1.807) is 0 Å². The Hall–Kier alpha value is -1.37. The highest BCUT2D eigenvalue weighted by atomic mass is 15.2. The Morgan fingerprint density at radius 1 is 1.21 bits per heavy atom. The van der Waals surface area contributed by atoms with Crippen LogP contribution in [0.5, 0.6) is 0 Å². The van der Waals surface area contributed by atoms with Crippen LogP contribution in [0.15, 0.2) is 30.3 Å². The lowest BCUT2D eigenvalue weighted by atomic mass is 9.64. The zero-order chi connectivity index (χ0) is 13.3. The number of fused-ring (bicyclic) bond motifs is 2. The molecule has 1 aliphatic heterocycles. The Labute approximate surface area is 115 Å². The van der Waals surface area contributed by atoms with Gasteiger partial charge in [-0.05, 0) is 18.4 Å². The van der Waals surface area contributed by atoms with Gasteiger partial charge in [0, 0.05) is 31.5 Å². The fraction of sp³-hybridized carbons (Fsp3) is 0.562. The fourth-order valence-electron chi connectivity index (χ4n) is 3.76. The maximum atomic E-state index is 9.44. The van der Waals surface area contributed by atoms with E-state index in [-0.39, 0.29) is 0 Å². The zero-order valence-electron chi connectivity index (χ0n) is 11.3. The molecule has 1 heterocycles. The Morgan fingerprint density at radius 3 is 2.42 bits per heavy atom. The van der Waals surface area contributed by atoms with Gasteiger partial charge >= 0.3 is 0 Å². The topological polar surface area (TPSA) is 53.1 Å². The number of likely N-dealkylation sites (tertiary alicyclic amines) is 1. The lowest BCUT2D eigenvalue weighted by molar-refractivity contribution is 0.0257. The molecule has 3 rings (SSSR count). The van der Waals surface area contributed by atoms with E-state index < -0.39 is 5.54 Å². The van der Waals surface area contributed by atoms with Crippen molar-refractivity contribution in [1.29, 1.82) is 5.26 Å². The Balaban J connectivity index is 1.74. The molecule has 100 valence electrons. The first-order valence-corrected chi connectivity index (χ1v) is 7.19. The standard InChI is InChI=1S/C16H21N3/c17-12-16(18)14-7-4-8-15(16)11-19(10-14)9-13-5-2-1-3-6-13/h1-3,5-6,14-15H,4,7-11,18H2. The van der Waals surface area contributed by atoms with Gasteiger partial charge in [-0.2, -0.15) is 5.26 Å². The molecular formula is C16H21N3. The quantitative estimate of drug-likeness (QED) is 0.881. The fourth-order valence-corrected chi connectivity index (χ4v) is 3.76. The van der Waals surface area contributed by atoms with Crippen LogP contribution in [0.4, 0.5) is 0 Å². The van der Waals surface area contributed by atoms with Crippen molar-refractivity contribution in [3.8, 4) is 6.07 Å². The highest BCUT2D eigenvalue weighted by molar-refractivity contribution is 5.19. The number of rotatable bonds is 2. The first kappa shape index (κ1) is 12.7. The number of nitrogens with zero attached hydrogens (tertiary/aromatic N) is 2. The second kappa shape index (κ2) is 4.96. The molecule has 2 unspecified atom stereocenters. The summed E-state index contributed by atoms with van der Waals surface area (Å²) in [5, 5.41) is 9.44. The first-order valence-electron chi connectivity index (χ1n) is 7.19. The van der Waals surface area contributed by atoms with Crippen LogP contribution in [0, 0.1) is 23.2 Å². The van der Waals surface area contributed by atoms with Gasteiger partial charge in [-0.25, -0.2) is 0 Å². The second-order valence-corrected chi connectivity index (χ2v) is 6.05. The molecule has 2 N–H and O–H groups in total. The molecule has 0 spiro atoms. The summed E-state index contributed by atoms with van der Waals surface area (Å²) in [4.78, 5) is 2.48. The van der Waals surface area contributed by atoms with Gasteiger partial charge in [-0.1, -0.05) is 36.8 Å². The van der Waals surface area contributed by atoms with E-state index in [0.29, 0.717) is 11.8 Å². The van der Waals surface area contributed by atoms with Crippen molar-refractivity contribution in [2.75, 3.05) is 13.1 Å². The number of nitriles is 1. The third kappa shape index (κ3) is 2.27. The third-order valence-electron chi connectivity index (χ3n) is 4.86. The molecule has 0 radical (unpaired) electrons. The molecule has 2 bridgehead atoms. The average molecular weight is 255 g/mol. The van der Waals surface area contributed by atoms with Crippen molar-refractivity contribution in [1.82, 2.24) is 4.90 Å². The van der Waals surface area contributed by atoms with E-state index in [1.165, 1.54) is 12.0 Å². The summed E-state index contributed by atoms with van der Waals surface area (Å²) in [5.74, 6) is 0.683. The van der Waals surface area contributed by atoms with Crippen LogP contribution in [0.3, 0.4) is 0 Å². The van der Waals surface area contributed by atoms with E-state index in [4.69, 9.17) is 5.73 Å². The van der Waals surface area contributed by atoms with Gasteiger partial charge in [0.25, 0.3) is 0 Å². The van der Waals surface area contributed by atoms with Crippen LogP contribution in [0.1, 0.15) is 24.8 Å². The molecular weight excluding hydrogens is 234 g/mol. The van der Waals surface area contributed by atoms with Crippen LogP contribution < -0.4 is 5.73 Å². The lowest BCUT2D eigenvalue weighted by Crippen LogP contribution is -2.64. The minimum absolute atomic E-state index is 0.341. The third-order valence-corrected chi connectivity index (χ3v) is 4.86. The molecule has 1 saturated carbocycles. The normalized spacial score (nSPS) is 34.7. The van der Waals surface area contributed by atoms with Gasteiger partial charge in [0.2, 0.25) is 0 Å². The monoisotopic (exact) mass is 255 g/mol. The van der Waals surface area contributed by atoms with Crippen LogP contribution in [-0.4, -0.2) is 23.5 Å². The number of benzene rings is 1. The number of nitrogens with two attached hydrogens (primary N) is 1. The Bertz CT molecular complexity index is 463. The van der Waals surface area contributed by atoms with E-state index in [2.05, 4.69) is 41.3 Å². The molecule has 0 amide bonds. The summed E-state index contributed by atoms with van der Waals surface area (Å²) in [5.41, 5.74) is 7.15. The van der Waals surface area contributed by atoms with Gasteiger partial charge < -0.3 is 5.73 Å². The predicted molar refractivity (Wildman–Crippen MR) is 75.1 cm³/mol. The molecule has 3 nitrogen and oxygen atoms in total. The summed E-state index contributed by atoms with van der Waals surface area (Å²) in [6.45, 7) is 2.92. The molecule has 3 heteroatoms. The van der Waals surface area contributed by atoms with E-state index >= 15 is 0 Å². The van der Waals surface area contributed by atoms with Gasteiger partial charge in [0.1, 0.15) is 5.54 Å². The summed E-state index contributed by atoms with van der Waals surface area (Å²) in [7, 11) is 0. The largest absolute Gasteiger partial charge is 0.313 e. The van der Waals surface area contributed by atoms with Gasteiger partial charge in [0.05, 0.1) is 6.07 Å². The summed E-state index contributed by atoms with van der Waals surface area (Å²) in [6, 6.07) is 13.0. The van der Waals surface area contributed by atoms with Crippen LogP contribution in [-0.2, 0) is 6.54 Å². The predicted octanol–water partition coefficient (Wildman–Crippen LogP) is 2.14. The zero-order valence-corrected chi connectivity index (χ0v) is 11.3. The van der Waals surface area contributed by atoms with E-state index in [0.717, 1.165) is 32.5 Å². The molecule has 19 heavy (non-hydrogen) atoms. The molecule has 1 saturated heterocycles.